The van der Waals surface area contributed by atoms with Crippen LogP contribution in [0.2, 0.25) is 0 Å². The third-order valence-electron chi connectivity index (χ3n) is 2.46. The molecule has 0 aliphatic rings. The lowest BCUT2D eigenvalue weighted by Gasteiger charge is -2.19. The van der Waals surface area contributed by atoms with Crippen molar-refractivity contribution in [3.8, 4) is 5.75 Å². The number of benzene rings is 1. The minimum absolute atomic E-state index is 0.0205. The van der Waals surface area contributed by atoms with Crippen LogP contribution in [0.1, 0.15) is 31.9 Å². The lowest BCUT2D eigenvalue weighted by molar-refractivity contribution is -0.119. The molecule has 1 amide bonds. The number of nitrogens with one attached hydrogen (secondary N) is 1. The van der Waals surface area contributed by atoms with Gasteiger partial charge >= 0.3 is 0 Å². The summed E-state index contributed by atoms with van der Waals surface area (Å²) in [5.74, 6) is 0.634. The number of para-hydroxylation sites is 1. The van der Waals surface area contributed by atoms with Gasteiger partial charge in [-0.3, -0.25) is 4.79 Å². The van der Waals surface area contributed by atoms with E-state index in [0.717, 1.165) is 17.7 Å². The van der Waals surface area contributed by atoms with Crippen LogP contribution in [0, 0.1) is 0 Å². The van der Waals surface area contributed by atoms with Crippen molar-refractivity contribution in [3.63, 3.8) is 0 Å². The zero-order valence-corrected chi connectivity index (χ0v) is 11.0. The van der Waals surface area contributed by atoms with Crippen LogP contribution in [0.15, 0.2) is 24.3 Å². The molecule has 1 atom stereocenters. The predicted octanol–water partition coefficient (Wildman–Crippen LogP) is 2.89. The number of amides is 1. The van der Waals surface area contributed by atoms with Crippen molar-refractivity contribution in [2.24, 2.45) is 0 Å². The summed E-state index contributed by atoms with van der Waals surface area (Å²) in [6, 6.07) is 7.68. The minimum atomic E-state index is -0.162. The SMILES string of the molecule is CCOc1ccccc1C(CC)NC(=O)CCl. The molecular weight excluding hydrogens is 238 g/mol. The van der Waals surface area contributed by atoms with Crippen molar-refractivity contribution in [1.82, 2.24) is 5.32 Å². The van der Waals surface area contributed by atoms with Crippen LogP contribution >= 0.6 is 11.6 Å². The third kappa shape index (κ3) is 3.93. The van der Waals surface area contributed by atoms with Gasteiger partial charge in [0.05, 0.1) is 12.6 Å². The molecule has 94 valence electrons. The van der Waals surface area contributed by atoms with E-state index < -0.39 is 0 Å². The minimum Gasteiger partial charge on any atom is -0.494 e. The van der Waals surface area contributed by atoms with Crippen molar-refractivity contribution < 1.29 is 9.53 Å². The second-order valence-electron chi connectivity index (χ2n) is 3.63. The maximum atomic E-state index is 11.3. The second kappa shape index (κ2) is 7.17. The van der Waals surface area contributed by atoms with Gasteiger partial charge in [-0.25, -0.2) is 0 Å². The Labute approximate surface area is 107 Å². The summed E-state index contributed by atoms with van der Waals surface area (Å²) < 4.78 is 5.55. The summed E-state index contributed by atoms with van der Waals surface area (Å²) in [6.07, 6.45) is 0.798. The molecule has 1 N–H and O–H groups in total. The molecule has 0 fully saturated rings. The molecule has 0 saturated heterocycles. The molecule has 3 nitrogen and oxygen atoms in total. The molecule has 1 unspecified atom stereocenters. The van der Waals surface area contributed by atoms with Gasteiger partial charge in [0.1, 0.15) is 11.6 Å². The monoisotopic (exact) mass is 255 g/mol. The number of ether oxygens (including phenoxy) is 1. The first kappa shape index (κ1) is 13.8. The number of halogens is 1. The highest BCUT2D eigenvalue weighted by Gasteiger charge is 2.15. The van der Waals surface area contributed by atoms with Crippen LogP contribution < -0.4 is 10.1 Å². The lowest BCUT2D eigenvalue weighted by Crippen LogP contribution is -2.29. The Hall–Kier alpha value is -1.22. The summed E-state index contributed by atoms with van der Waals surface area (Å²) in [7, 11) is 0. The van der Waals surface area contributed by atoms with Gasteiger partial charge in [0.15, 0.2) is 0 Å². The maximum absolute atomic E-state index is 11.3. The number of carbonyl (C=O) groups is 1. The molecule has 0 aliphatic heterocycles. The second-order valence-corrected chi connectivity index (χ2v) is 3.90. The maximum Gasteiger partial charge on any atom is 0.235 e. The molecule has 1 aromatic rings. The quantitative estimate of drug-likeness (QED) is 0.794. The number of alkyl halides is 1. The molecule has 0 radical (unpaired) electrons. The van der Waals surface area contributed by atoms with Gasteiger partial charge in [-0.15, -0.1) is 11.6 Å². The Balaban J connectivity index is 2.90. The van der Waals surface area contributed by atoms with Crippen LogP contribution in [-0.4, -0.2) is 18.4 Å². The van der Waals surface area contributed by atoms with Crippen molar-refractivity contribution in [1.29, 1.82) is 0 Å². The van der Waals surface area contributed by atoms with Crippen LogP contribution in [0.25, 0.3) is 0 Å². The Morgan fingerprint density at radius 1 is 1.41 bits per heavy atom. The van der Waals surface area contributed by atoms with Gasteiger partial charge in [0.2, 0.25) is 5.91 Å². The van der Waals surface area contributed by atoms with E-state index in [1.165, 1.54) is 0 Å². The molecule has 0 saturated carbocycles. The Morgan fingerprint density at radius 3 is 2.71 bits per heavy atom. The van der Waals surface area contributed by atoms with Gasteiger partial charge in [0, 0.05) is 5.56 Å². The van der Waals surface area contributed by atoms with Crippen LogP contribution in [0.5, 0.6) is 5.75 Å². The number of rotatable bonds is 6. The standard InChI is InChI=1S/C13H18ClNO2/c1-3-11(15-13(16)9-14)10-7-5-6-8-12(10)17-4-2/h5-8,11H,3-4,9H2,1-2H3,(H,15,16). The van der Waals surface area contributed by atoms with E-state index in [1.807, 2.05) is 38.1 Å². The summed E-state index contributed by atoms with van der Waals surface area (Å²) in [6.45, 7) is 4.56. The normalized spacial score (nSPS) is 11.9. The fourth-order valence-corrected chi connectivity index (χ4v) is 1.77. The van der Waals surface area contributed by atoms with Crippen molar-refractivity contribution in [3.05, 3.63) is 29.8 Å². The Kier molecular flexibility index (Phi) is 5.84. The molecular formula is C13H18ClNO2. The fourth-order valence-electron chi connectivity index (χ4n) is 1.69. The van der Waals surface area contributed by atoms with Gasteiger partial charge in [-0.2, -0.15) is 0 Å². The van der Waals surface area contributed by atoms with Gasteiger partial charge in [0.25, 0.3) is 0 Å². The van der Waals surface area contributed by atoms with Gasteiger partial charge < -0.3 is 10.1 Å². The zero-order valence-electron chi connectivity index (χ0n) is 10.2. The third-order valence-corrected chi connectivity index (χ3v) is 2.70. The molecule has 0 spiro atoms. The number of hydrogen-bond acceptors (Lipinski definition) is 2. The van der Waals surface area contributed by atoms with Gasteiger partial charge in [-0.1, -0.05) is 25.1 Å². The smallest absolute Gasteiger partial charge is 0.235 e. The summed E-state index contributed by atoms with van der Waals surface area (Å²) in [5.41, 5.74) is 0.996. The first-order valence-corrected chi connectivity index (χ1v) is 6.33. The predicted molar refractivity (Wildman–Crippen MR) is 69.5 cm³/mol. The summed E-state index contributed by atoms with van der Waals surface area (Å²) in [4.78, 5) is 11.3. The van der Waals surface area contributed by atoms with E-state index >= 15 is 0 Å². The average molecular weight is 256 g/mol. The van der Waals surface area contributed by atoms with E-state index in [2.05, 4.69) is 5.32 Å². The molecule has 0 aromatic heterocycles. The van der Waals surface area contributed by atoms with E-state index in [1.54, 1.807) is 0 Å². The van der Waals surface area contributed by atoms with E-state index in [-0.39, 0.29) is 17.8 Å². The van der Waals surface area contributed by atoms with Crippen LogP contribution in [-0.2, 0) is 4.79 Å². The summed E-state index contributed by atoms with van der Waals surface area (Å²) in [5, 5.41) is 2.88. The molecule has 1 rings (SSSR count). The van der Waals surface area contributed by atoms with E-state index in [0.29, 0.717) is 6.61 Å². The molecule has 17 heavy (non-hydrogen) atoms. The fraction of sp³-hybridized carbons (Fsp3) is 0.462. The molecule has 4 heteroatoms. The van der Waals surface area contributed by atoms with Crippen molar-refractivity contribution >= 4 is 17.5 Å². The Bertz CT molecular complexity index is 368. The number of hydrogen-bond donors (Lipinski definition) is 1. The first-order chi connectivity index (χ1) is 8.22. The first-order valence-electron chi connectivity index (χ1n) is 5.79. The highest BCUT2D eigenvalue weighted by molar-refractivity contribution is 6.27. The van der Waals surface area contributed by atoms with Crippen molar-refractivity contribution in [2.45, 2.75) is 26.3 Å². The molecule has 1 aromatic carbocycles. The lowest BCUT2D eigenvalue weighted by atomic mass is 10.0. The molecule has 0 aliphatic carbocycles. The topological polar surface area (TPSA) is 38.3 Å². The summed E-state index contributed by atoms with van der Waals surface area (Å²) >= 11 is 5.50. The molecule has 0 bridgehead atoms. The zero-order chi connectivity index (χ0) is 12.7. The van der Waals surface area contributed by atoms with Gasteiger partial charge in [-0.05, 0) is 19.4 Å². The van der Waals surface area contributed by atoms with Crippen LogP contribution in [0.4, 0.5) is 0 Å². The average Bonchev–Trinajstić information content (AvgIpc) is 2.37. The largest absolute Gasteiger partial charge is 0.494 e. The highest BCUT2D eigenvalue weighted by atomic mass is 35.5. The van der Waals surface area contributed by atoms with Crippen LogP contribution in [0.3, 0.4) is 0 Å². The highest BCUT2D eigenvalue weighted by Crippen LogP contribution is 2.27. The van der Waals surface area contributed by atoms with E-state index in [9.17, 15) is 4.79 Å². The Morgan fingerprint density at radius 2 is 2.12 bits per heavy atom. The number of carbonyl (C=O) groups excluding carboxylic acids is 1. The molecule has 0 heterocycles. The van der Waals surface area contributed by atoms with Crippen molar-refractivity contribution in [2.75, 3.05) is 12.5 Å². The van der Waals surface area contributed by atoms with E-state index in [4.69, 9.17) is 16.3 Å².